The van der Waals surface area contributed by atoms with Crippen molar-refractivity contribution in [1.82, 2.24) is 4.98 Å². The van der Waals surface area contributed by atoms with Gasteiger partial charge in [-0.15, -0.1) is 0 Å². The van der Waals surface area contributed by atoms with E-state index in [4.69, 9.17) is 0 Å². The van der Waals surface area contributed by atoms with Crippen LogP contribution in [0.5, 0.6) is 0 Å². The number of rotatable bonds is 3. The number of benzene rings is 1. The third-order valence-electron chi connectivity index (χ3n) is 3.06. The van der Waals surface area contributed by atoms with Crippen LogP contribution < -0.4 is 0 Å². The van der Waals surface area contributed by atoms with Crippen LogP contribution in [-0.2, 0) is 9.53 Å². The molecule has 1 aromatic heterocycles. The van der Waals surface area contributed by atoms with Crippen LogP contribution in [0.25, 0.3) is 10.8 Å². The molecule has 4 heteroatoms. The number of carbonyl (C=O) groups is 1. The Morgan fingerprint density at radius 3 is 2.78 bits per heavy atom. The van der Waals surface area contributed by atoms with E-state index in [0.717, 1.165) is 10.8 Å². The van der Waals surface area contributed by atoms with Gasteiger partial charge in [0, 0.05) is 23.3 Å². The van der Waals surface area contributed by atoms with E-state index >= 15 is 0 Å². The first-order valence-corrected chi connectivity index (χ1v) is 5.73. The Hall–Kier alpha value is -1.94. The minimum Gasteiger partial charge on any atom is -0.469 e. The van der Waals surface area contributed by atoms with Gasteiger partial charge >= 0.3 is 5.97 Å². The molecule has 0 aliphatic heterocycles. The summed E-state index contributed by atoms with van der Waals surface area (Å²) in [5, 5.41) is 12.1. The first kappa shape index (κ1) is 12.5. The number of aliphatic hydroxyl groups excluding tert-OH is 1. The predicted octanol–water partition coefficient (Wildman–Crippen LogP) is 2.08. The van der Waals surface area contributed by atoms with Crippen LogP contribution >= 0.6 is 0 Å². The van der Waals surface area contributed by atoms with Gasteiger partial charge in [0.15, 0.2) is 0 Å². The first-order chi connectivity index (χ1) is 8.65. The van der Waals surface area contributed by atoms with Crippen molar-refractivity contribution in [2.45, 2.75) is 13.0 Å². The summed E-state index contributed by atoms with van der Waals surface area (Å²) in [6.07, 6.45) is 2.40. The number of hydrogen-bond acceptors (Lipinski definition) is 4. The number of nitrogens with zero attached hydrogens (tertiary/aromatic N) is 1. The van der Waals surface area contributed by atoms with Crippen molar-refractivity contribution in [3.63, 3.8) is 0 Å². The normalized spacial score (nSPS) is 14.2. The molecule has 0 saturated carbocycles. The Bertz CT molecular complexity index is 562. The molecular weight excluding hydrogens is 230 g/mol. The first-order valence-electron chi connectivity index (χ1n) is 5.73. The molecule has 2 aromatic rings. The molecule has 0 aliphatic carbocycles. The average Bonchev–Trinajstić information content (AvgIpc) is 2.44. The summed E-state index contributed by atoms with van der Waals surface area (Å²) in [5.74, 6) is -1.06. The largest absolute Gasteiger partial charge is 0.469 e. The van der Waals surface area contributed by atoms with E-state index in [-0.39, 0.29) is 0 Å². The zero-order valence-corrected chi connectivity index (χ0v) is 10.3. The Balaban J connectivity index is 2.44. The summed E-state index contributed by atoms with van der Waals surface area (Å²) >= 11 is 0. The van der Waals surface area contributed by atoms with Crippen molar-refractivity contribution in [2.24, 2.45) is 5.92 Å². The van der Waals surface area contributed by atoms with E-state index in [2.05, 4.69) is 9.72 Å². The lowest BCUT2D eigenvalue weighted by molar-refractivity contribution is -0.148. The summed E-state index contributed by atoms with van der Waals surface area (Å²) < 4.78 is 4.65. The number of aromatic nitrogens is 1. The Morgan fingerprint density at radius 1 is 1.33 bits per heavy atom. The van der Waals surface area contributed by atoms with Crippen LogP contribution in [0.4, 0.5) is 0 Å². The van der Waals surface area contributed by atoms with Gasteiger partial charge in [-0.25, -0.2) is 0 Å². The van der Waals surface area contributed by atoms with Crippen molar-refractivity contribution < 1.29 is 14.6 Å². The fraction of sp³-hybridized carbons (Fsp3) is 0.286. The SMILES string of the molecule is COC(=O)C(C)C(O)c1cncc2ccccc12. The van der Waals surface area contributed by atoms with Crippen LogP contribution in [0.15, 0.2) is 36.7 Å². The molecule has 18 heavy (non-hydrogen) atoms. The van der Waals surface area contributed by atoms with E-state index in [9.17, 15) is 9.90 Å². The maximum absolute atomic E-state index is 11.5. The van der Waals surface area contributed by atoms with Crippen molar-refractivity contribution in [3.8, 4) is 0 Å². The molecule has 0 spiro atoms. The van der Waals surface area contributed by atoms with Crippen LogP contribution in [0, 0.1) is 5.92 Å². The van der Waals surface area contributed by atoms with Crippen LogP contribution in [0.2, 0.25) is 0 Å². The van der Waals surface area contributed by atoms with Gasteiger partial charge < -0.3 is 9.84 Å². The highest BCUT2D eigenvalue weighted by Crippen LogP contribution is 2.28. The smallest absolute Gasteiger partial charge is 0.311 e. The van der Waals surface area contributed by atoms with Gasteiger partial charge in [-0.1, -0.05) is 24.3 Å². The molecule has 4 nitrogen and oxygen atoms in total. The zero-order chi connectivity index (χ0) is 13.1. The molecule has 2 rings (SSSR count). The maximum Gasteiger partial charge on any atom is 0.311 e. The van der Waals surface area contributed by atoms with Crippen LogP contribution in [0.1, 0.15) is 18.6 Å². The summed E-state index contributed by atoms with van der Waals surface area (Å²) in [4.78, 5) is 15.5. The average molecular weight is 245 g/mol. The monoisotopic (exact) mass is 245 g/mol. The van der Waals surface area contributed by atoms with Crippen LogP contribution in [0.3, 0.4) is 0 Å². The second-order valence-electron chi connectivity index (χ2n) is 4.21. The highest BCUT2D eigenvalue weighted by Gasteiger charge is 2.25. The third-order valence-corrected chi connectivity index (χ3v) is 3.06. The van der Waals surface area contributed by atoms with E-state index in [1.165, 1.54) is 7.11 Å². The van der Waals surface area contributed by atoms with Gasteiger partial charge in [0.2, 0.25) is 0 Å². The molecule has 0 radical (unpaired) electrons. The minimum absolute atomic E-state index is 0.435. The molecule has 0 saturated heterocycles. The predicted molar refractivity (Wildman–Crippen MR) is 67.9 cm³/mol. The highest BCUT2D eigenvalue weighted by atomic mass is 16.5. The number of hydrogen-bond donors (Lipinski definition) is 1. The standard InChI is InChI=1S/C14H15NO3/c1-9(14(17)18-2)13(16)12-8-15-7-10-5-3-4-6-11(10)12/h3-9,13,16H,1-2H3. The van der Waals surface area contributed by atoms with Crippen molar-refractivity contribution in [1.29, 1.82) is 0 Å². The molecule has 0 fully saturated rings. The molecule has 0 bridgehead atoms. The number of methoxy groups -OCH3 is 1. The molecule has 1 aromatic carbocycles. The maximum atomic E-state index is 11.5. The van der Waals surface area contributed by atoms with Gasteiger partial charge in [-0.05, 0) is 12.3 Å². The lowest BCUT2D eigenvalue weighted by Gasteiger charge is -2.18. The van der Waals surface area contributed by atoms with Crippen molar-refractivity contribution in [2.75, 3.05) is 7.11 Å². The number of esters is 1. The van der Waals surface area contributed by atoms with E-state index in [0.29, 0.717) is 5.56 Å². The quantitative estimate of drug-likeness (QED) is 0.841. The molecule has 0 amide bonds. The minimum atomic E-state index is -0.920. The zero-order valence-electron chi connectivity index (χ0n) is 10.3. The number of pyridine rings is 1. The molecular formula is C14H15NO3. The summed E-state index contributed by atoms with van der Waals surface area (Å²) in [7, 11) is 1.31. The summed E-state index contributed by atoms with van der Waals surface area (Å²) in [5.41, 5.74) is 0.644. The Labute approximate surface area is 105 Å². The molecule has 1 N–H and O–H groups in total. The van der Waals surface area contributed by atoms with Crippen molar-refractivity contribution in [3.05, 3.63) is 42.2 Å². The molecule has 0 aliphatic rings. The lowest BCUT2D eigenvalue weighted by Crippen LogP contribution is -2.20. The Kier molecular flexibility index (Phi) is 3.58. The Morgan fingerprint density at radius 2 is 2.06 bits per heavy atom. The highest BCUT2D eigenvalue weighted by molar-refractivity contribution is 5.85. The number of fused-ring (bicyclic) bond motifs is 1. The van der Waals surface area contributed by atoms with E-state index < -0.39 is 18.0 Å². The van der Waals surface area contributed by atoms with Crippen LogP contribution in [-0.4, -0.2) is 23.2 Å². The summed E-state index contributed by atoms with van der Waals surface area (Å²) in [6.45, 7) is 1.64. The van der Waals surface area contributed by atoms with Gasteiger partial charge in [-0.3, -0.25) is 9.78 Å². The van der Waals surface area contributed by atoms with E-state index in [1.54, 1.807) is 19.3 Å². The number of aliphatic hydroxyl groups is 1. The van der Waals surface area contributed by atoms with Gasteiger partial charge in [-0.2, -0.15) is 0 Å². The lowest BCUT2D eigenvalue weighted by atomic mass is 9.95. The molecule has 94 valence electrons. The van der Waals surface area contributed by atoms with Gasteiger partial charge in [0.1, 0.15) is 0 Å². The second-order valence-corrected chi connectivity index (χ2v) is 4.21. The molecule has 1 heterocycles. The van der Waals surface area contributed by atoms with Gasteiger partial charge in [0.25, 0.3) is 0 Å². The number of ether oxygens (including phenoxy) is 1. The number of carbonyl (C=O) groups excluding carboxylic acids is 1. The van der Waals surface area contributed by atoms with Gasteiger partial charge in [0.05, 0.1) is 19.1 Å². The topological polar surface area (TPSA) is 59.4 Å². The van der Waals surface area contributed by atoms with Crippen molar-refractivity contribution >= 4 is 16.7 Å². The second kappa shape index (κ2) is 5.14. The molecule has 2 unspecified atom stereocenters. The third kappa shape index (κ3) is 2.19. The van der Waals surface area contributed by atoms with E-state index in [1.807, 2.05) is 24.3 Å². The fourth-order valence-electron chi connectivity index (χ4n) is 1.96. The molecule has 2 atom stereocenters. The summed E-state index contributed by atoms with van der Waals surface area (Å²) in [6, 6.07) is 7.62. The fourth-order valence-corrected chi connectivity index (χ4v) is 1.96.